The van der Waals surface area contributed by atoms with Gasteiger partial charge in [-0.1, -0.05) is 18.2 Å². The Balaban J connectivity index is 2.23. The largest absolute Gasteiger partial charge is 0.383 e. The Kier molecular flexibility index (Phi) is 4.28. The first-order valence-corrected chi connectivity index (χ1v) is 5.80. The maximum atomic E-state index is 12.9. The summed E-state index contributed by atoms with van der Waals surface area (Å²) in [5, 5.41) is 4.00. The van der Waals surface area contributed by atoms with Gasteiger partial charge in [-0.3, -0.25) is 4.57 Å². The number of para-hydroxylation sites is 1. The van der Waals surface area contributed by atoms with Crippen LogP contribution in [0.3, 0.4) is 0 Å². The Hall–Kier alpha value is -1.46. The van der Waals surface area contributed by atoms with E-state index in [0.29, 0.717) is 25.2 Å². The van der Waals surface area contributed by atoms with Gasteiger partial charge in [0.25, 0.3) is 0 Å². The van der Waals surface area contributed by atoms with Crippen molar-refractivity contribution in [3.05, 3.63) is 36.0 Å². The van der Waals surface area contributed by atoms with E-state index in [1.807, 2.05) is 18.2 Å². The van der Waals surface area contributed by atoms with E-state index in [1.54, 1.807) is 13.2 Å². The van der Waals surface area contributed by atoms with E-state index >= 15 is 0 Å². The normalized spacial score (nSPS) is 11.6. The highest BCUT2D eigenvalue weighted by atomic mass is 19.3. The average Bonchev–Trinajstić information content (AvgIpc) is 2.79. The van der Waals surface area contributed by atoms with Gasteiger partial charge in [0.05, 0.1) is 12.1 Å². The minimum Gasteiger partial charge on any atom is -0.383 e. The van der Waals surface area contributed by atoms with Crippen LogP contribution in [-0.2, 0) is 11.3 Å². The first-order valence-electron chi connectivity index (χ1n) is 5.80. The van der Waals surface area contributed by atoms with Crippen LogP contribution in [0.15, 0.2) is 30.5 Å². The van der Waals surface area contributed by atoms with Gasteiger partial charge in [-0.2, -0.15) is 8.78 Å². The Labute approximate surface area is 104 Å². The second-order valence-electron chi connectivity index (χ2n) is 4.03. The summed E-state index contributed by atoms with van der Waals surface area (Å²) < 4.78 is 31.7. The third-order valence-electron chi connectivity index (χ3n) is 2.83. The number of hydrogen-bond donors (Lipinski definition) is 1. The molecular formula is C13H16F2N2O. The number of methoxy groups -OCH3 is 1. The minimum atomic E-state index is -2.51. The number of nitrogens with one attached hydrogen (secondary N) is 1. The molecule has 0 aliphatic heterocycles. The highest BCUT2D eigenvalue weighted by molar-refractivity contribution is 5.83. The molecule has 0 atom stereocenters. The number of fused-ring (bicyclic) bond motifs is 1. The van der Waals surface area contributed by atoms with Crippen LogP contribution < -0.4 is 5.32 Å². The maximum absolute atomic E-state index is 12.9. The second kappa shape index (κ2) is 5.93. The van der Waals surface area contributed by atoms with Gasteiger partial charge in [-0.05, 0) is 11.6 Å². The Morgan fingerprint density at radius 2 is 2.17 bits per heavy atom. The first-order chi connectivity index (χ1) is 8.74. The van der Waals surface area contributed by atoms with Crippen LogP contribution >= 0.6 is 0 Å². The van der Waals surface area contributed by atoms with Crippen molar-refractivity contribution in [3.8, 4) is 0 Å². The lowest BCUT2D eigenvalue weighted by Crippen LogP contribution is -2.19. The number of benzene rings is 1. The van der Waals surface area contributed by atoms with Crippen LogP contribution in [0.2, 0.25) is 0 Å². The zero-order valence-electron chi connectivity index (χ0n) is 10.2. The Bertz CT molecular complexity index is 511. The number of hydrogen-bond acceptors (Lipinski definition) is 2. The zero-order valence-corrected chi connectivity index (χ0v) is 10.2. The molecule has 18 heavy (non-hydrogen) atoms. The van der Waals surface area contributed by atoms with Crippen molar-refractivity contribution in [1.82, 2.24) is 9.88 Å². The van der Waals surface area contributed by atoms with E-state index in [2.05, 4.69) is 5.32 Å². The molecule has 0 bridgehead atoms. The first kappa shape index (κ1) is 13.0. The van der Waals surface area contributed by atoms with Gasteiger partial charge in [0, 0.05) is 31.8 Å². The smallest absolute Gasteiger partial charge is 0.319 e. The SMILES string of the molecule is COCCNCc1cccc2ccn(C(F)F)c12. The molecule has 0 amide bonds. The number of nitrogens with zero attached hydrogens (tertiary/aromatic N) is 1. The molecule has 1 aromatic carbocycles. The van der Waals surface area contributed by atoms with E-state index in [4.69, 9.17) is 4.74 Å². The van der Waals surface area contributed by atoms with Gasteiger partial charge < -0.3 is 10.1 Å². The summed E-state index contributed by atoms with van der Waals surface area (Å²) in [6.07, 6.45) is 1.42. The van der Waals surface area contributed by atoms with E-state index in [1.165, 1.54) is 6.20 Å². The fourth-order valence-electron chi connectivity index (χ4n) is 2.00. The molecule has 0 aliphatic rings. The van der Waals surface area contributed by atoms with Gasteiger partial charge in [-0.25, -0.2) is 0 Å². The number of halogens is 2. The summed E-state index contributed by atoms with van der Waals surface area (Å²) in [5.74, 6) is 0. The maximum Gasteiger partial charge on any atom is 0.319 e. The standard InChI is InChI=1S/C13H16F2N2O/c1-18-8-6-16-9-11-4-2-3-10-5-7-17(12(10)11)13(14)15/h2-5,7,13,16H,6,8-9H2,1H3. The van der Waals surface area contributed by atoms with Crippen LogP contribution in [-0.4, -0.2) is 24.8 Å². The molecular weight excluding hydrogens is 238 g/mol. The molecule has 1 aromatic heterocycles. The molecule has 0 radical (unpaired) electrons. The van der Waals surface area contributed by atoms with E-state index in [9.17, 15) is 8.78 Å². The highest BCUT2D eigenvalue weighted by Crippen LogP contribution is 2.25. The van der Waals surface area contributed by atoms with E-state index in [0.717, 1.165) is 15.5 Å². The van der Waals surface area contributed by atoms with Gasteiger partial charge >= 0.3 is 6.55 Å². The van der Waals surface area contributed by atoms with E-state index in [-0.39, 0.29) is 0 Å². The molecule has 1 heterocycles. The Morgan fingerprint density at radius 1 is 1.33 bits per heavy atom. The van der Waals surface area contributed by atoms with Crippen molar-refractivity contribution in [2.24, 2.45) is 0 Å². The van der Waals surface area contributed by atoms with Crippen molar-refractivity contribution in [2.45, 2.75) is 13.1 Å². The quantitative estimate of drug-likeness (QED) is 0.802. The monoisotopic (exact) mass is 254 g/mol. The fourth-order valence-corrected chi connectivity index (χ4v) is 2.00. The molecule has 0 spiro atoms. The number of aromatic nitrogens is 1. The van der Waals surface area contributed by atoms with Crippen LogP contribution in [0.5, 0.6) is 0 Å². The number of rotatable bonds is 6. The van der Waals surface area contributed by atoms with Crippen molar-refractivity contribution < 1.29 is 13.5 Å². The molecule has 0 saturated carbocycles. The van der Waals surface area contributed by atoms with Crippen molar-refractivity contribution in [2.75, 3.05) is 20.3 Å². The van der Waals surface area contributed by atoms with Crippen LogP contribution in [0.1, 0.15) is 12.1 Å². The molecule has 1 N–H and O–H groups in total. The van der Waals surface area contributed by atoms with Gasteiger partial charge in [0.1, 0.15) is 0 Å². The van der Waals surface area contributed by atoms with Crippen molar-refractivity contribution in [1.29, 1.82) is 0 Å². The topological polar surface area (TPSA) is 26.2 Å². The summed E-state index contributed by atoms with van der Waals surface area (Å²) in [6.45, 7) is -0.659. The summed E-state index contributed by atoms with van der Waals surface area (Å²) in [4.78, 5) is 0. The molecule has 0 saturated heterocycles. The summed E-state index contributed by atoms with van der Waals surface area (Å²) in [6, 6.07) is 7.29. The van der Waals surface area contributed by atoms with Crippen LogP contribution in [0, 0.1) is 0 Å². The third kappa shape index (κ3) is 2.68. The van der Waals surface area contributed by atoms with Crippen LogP contribution in [0.25, 0.3) is 10.9 Å². The van der Waals surface area contributed by atoms with Gasteiger partial charge in [0.15, 0.2) is 0 Å². The predicted octanol–water partition coefficient (Wildman–Crippen LogP) is 2.77. The third-order valence-corrected chi connectivity index (χ3v) is 2.83. The molecule has 0 unspecified atom stereocenters. The molecule has 3 nitrogen and oxygen atoms in total. The molecule has 5 heteroatoms. The number of alkyl halides is 2. The van der Waals surface area contributed by atoms with Crippen molar-refractivity contribution in [3.63, 3.8) is 0 Å². The lowest BCUT2D eigenvalue weighted by molar-refractivity contribution is 0.0751. The minimum absolute atomic E-state index is 0.553. The zero-order chi connectivity index (χ0) is 13.0. The molecule has 0 fully saturated rings. The summed E-state index contributed by atoms with van der Waals surface area (Å²) in [7, 11) is 1.63. The van der Waals surface area contributed by atoms with Gasteiger partial charge in [-0.15, -0.1) is 0 Å². The molecule has 98 valence electrons. The van der Waals surface area contributed by atoms with Crippen molar-refractivity contribution >= 4 is 10.9 Å². The van der Waals surface area contributed by atoms with Gasteiger partial charge in [0.2, 0.25) is 0 Å². The van der Waals surface area contributed by atoms with Crippen LogP contribution in [0.4, 0.5) is 8.78 Å². The second-order valence-corrected chi connectivity index (χ2v) is 4.03. The molecule has 2 rings (SSSR count). The lowest BCUT2D eigenvalue weighted by atomic mass is 10.1. The summed E-state index contributed by atoms with van der Waals surface area (Å²) >= 11 is 0. The average molecular weight is 254 g/mol. The molecule has 2 aromatic rings. The predicted molar refractivity (Wildman–Crippen MR) is 66.8 cm³/mol. The lowest BCUT2D eigenvalue weighted by Gasteiger charge is -2.10. The Morgan fingerprint density at radius 3 is 2.89 bits per heavy atom. The van der Waals surface area contributed by atoms with E-state index < -0.39 is 6.55 Å². The number of ether oxygens (including phenoxy) is 1. The highest BCUT2D eigenvalue weighted by Gasteiger charge is 2.12. The fraction of sp³-hybridized carbons (Fsp3) is 0.385. The molecule has 0 aliphatic carbocycles. The summed E-state index contributed by atoms with van der Waals surface area (Å²) in [5.41, 5.74) is 1.46.